The van der Waals surface area contributed by atoms with Gasteiger partial charge in [0.25, 0.3) is 0 Å². The van der Waals surface area contributed by atoms with Crippen LogP contribution in [-0.4, -0.2) is 22.1 Å². The standard InChI is InChI=1S/C15H14N4O/c1-20-12-5-6-14-13(8-12)15(19-10-18-14)17-9-11-4-2-3-7-16-11/h2-8,10H,9H2,1H3,(H,17,18,19). The third-order valence-corrected chi connectivity index (χ3v) is 3.01. The molecule has 0 saturated heterocycles. The van der Waals surface area contributed by atoms with Gasteiger partial charge in [0.05, 0.1) is 24.9 Å². The highest BCUT2D eigenvalue weighted by atomic mass is 16.5. The maximum absolute atomic E-state index is 5.24. The predicted molar refractivity (Wildman–Crippen MR) is 77.7 cm³/mol. The van der Waals surface area contributed by atoms with Crippen molar-refractivity contribution in [2.45, 2.75) is 6.54 Å². The van der Waals surface area contributed by atoms with E-state index in [2.05, 4.69) is 20.3 Å². The topological polar surface area (TPSA) is 59.9 Å². The van der Waals surface area contributed by atoms with Crippen LogP contribution >= 0.6 is 0 Å². The van der Waals surface area contributed by atoms with Gasteiger partial charge < -0.3 is 10.1 Å². The zero-order valence-corrected chi connectivity index (χ0v) is 11.1. The van der Waals surface area contributed by atoms with E-state index in [4.69, 9.17) is 4.74 Å². The Morgan fingerprint density at radius 2 is 2.05 bits per heavy atom. The first kappa shape index (κ1) is 12.3. The van der Waals surface area contributed by atoms with Gasteiger partial charge in [-0.1, -0.05) is 6.07 Å². The highest BCUT2D eigenvalue weighted by Gasteiger charge is 2.05. The molecule has 2 aromatic heterocycles. The average Bonchev–Trinajstić information content (AvgIpc) is 2.53. The first-order chi connectivity index (χ1) is 9.86. The maximum Gasteiger partial charge on any atom is 0.137 e. The number of methoxy groups -OCH3 is 1. The fraction of sp³-hybridized carbons (Fsp3) is 0.133. The molecule has 100 valence electrons. The number of hydrogen-bond acceptors (Lipinski definition) is 5. The van der Waals surface area contributed by atoms with Gasteiger partial charge in [-0.3, -0.25) is 4.98 Å². The summed E-state index contributed by atoms with van der Waals surface area (Å²) in [5.41, 5.74) is 1.84. The minimum Gasteiger partial charge on any atom is -0.497 e. The molecule has 0 aliphatic carbocycles. The molecule has 0 atom stereocenters. The normalized spacial score (nSPS) is 10.4. The monoisotopic (exact) mass is 266 g/mol. The van der Waals surface area contributed by atoms with Crippen molar-refractivity contribution in [1.29, 1.82) is 0 Å². The van der Waals surface area contributed by atoms with E-state index in [1.165, 1.54) is 0 Å². The van der Waals surface area contributed by atoms with Crippen LogP contribution in [0, 0.1) is 0 Å². The number of anilines is 1. The lowest BCUT2D eigenvalue weighted by Gasteiger charge is -2.09. The molecular formula is C15H14N4O. The van der Waals surface area contributed by atoms with Gasteiger partial charge in [-0.25, -0.2) is 9.97 Å². The van der Waals surface area contributed by atoms with Gasteiger partial charge in [0, 0.05) is 11.6 Å². The molecule has 0 spiro atoms. The first-order valence-corrected chi connectivity index (χ1v) is 6.29. The van der Waals surface area contributed by atoms with Crippen molar-refractivity contribution in [3.05, 3.63) is 54.6 Å². The Bertz CT molecular complexity index is 715. The lowest BCUT2D eigenvalue weighted by Crippen LogP contribution is -2.04. The molecule has 0 aliphatic heterocycles. The summed E-state index contributed by atoms with van der Waals surface area (Å²) in [5, 5.41) is 4.22. The summed E-state index contributed by atoms with van der Waals surface area (Å²) in [6, 6.07) is 11.6. The Balaban J connectivity index is 1.90. The van der Waals surface area contributed by atoms with Crippen LogP contribution < -0.4 is 10.1 Å². The second-order valence-electron chi connectivity index (χ2n) is 4.28. The van der Waals surface area contributed by atoms with Gasteiger partial charge >= 0.3 is 0 Å². The molecule has 0 unspecified atom stereocenters. The molecule has 0 fully saturated rings. The Hall–Kier alpha value is -2.69. The third-order valence-electron chi connectivity index (χ3n) is 3.01. The number of aromatic nitrogens is 3. The predicted octanol–water partition coefficient (Wildman–Crippen LogP) is 2.65. The molecule has 0 aliphatic rings. The first-order valence-electron chi connectivity index (χ1n) is 6.29. The van der Waals surface area contributed by atoms with Crippen molar-refractivity contribution in [2.24, 2.45) is 0 Å². The van der Waals surface area contributed by atoms with Crippen LogP contribution in [0.3, 0.4) is 0 Å². The zero-order valence-electron chi connectivity index (χ0n) is 11.1. The Labute approximate surface area is 116 Å². The summed E-state index contributed by atoms with van der Waals surface area (Å²) >= 11 is 0. The van der Waals surface area contributed by atoms with Crippen LogP contribution in [-0.2, 0) is 6.54 Å². The number of rotatable bonds is 4. The van der Waals surface area contributed by atoms with E-state index in [-0.39, 0.29) is 0 Å². The van der Waals surface area contributed by atoms with Gasteiger partial charge in [-0.15, -0.1) is 0 Å². The van der Waals surface area contributed by atoms with E-state index in [1.807, 2.05) is 36.4 Å². The number of pyridine rings is 1. The van der Waals surface area contributed by atoms with Crippen LogP contribution in [0.15, 0.2) is 48.9 Å². The molecule has 0 bridgehead atoms. The van der Waals surface area contributed by atoms with Crippen molar-refractivity contribution < 1.29 is 4.74 Å². The van der Waals surface area contributed by atoms with Crippen LogP contribution in [0.4, 0.5) is 5.82 Å². The number of nitrogens with zero attached hydrogens (tertiary/aromatic N) is 3. The number of benzene rings is 1. The van der Waals surface area contributed by atoms with E-state index in [9.17, 15) is 0 Å². The summed E-state index contributed by atoms with van der Waals surface area (Å²) in [5.74, 6) is 1.56. The molecule has 5 heteroatoms. The van der Waals surface area contributed by atoms with Gasteiger partial charge in [-0.05, 0) is 30.3 Å². The molecule has 3 rings (SSSR count). The average molecular weight is 266 g/mol. The number of ether oxygens (including phenoxy) is 1. The van der Waals surface area contributed by atoms with Crippen molar-refractivity contribution in [3.8, 4) is 5.75 Å². The van der Waals surface area contributed by atoms with Crippen molar-refractivity contribution >= 4 is 16.7 Å². The number of hydrogen-bond donors (Lipinski definition) is 1. The highest BCUT2D eigenvalue weighted by molar-refractivity contribution is 5.89. The van der Waals surface area contributed by atoms with Gasteiger partial charge in [0.2, 0.25) is 0 Å². The molecule has 0 amide bonds. The van der Waals surface area contributed by atoms with Crippen molar-refractivity contribution in [1.82, 2.24) is 15.0 Å². The summed E-state index contributed by atoms with van der Waals surface area (Å²) in [6.45, 7) is 0.615. The van der Waals surface area contributed by atoms with Gasteiger partial charge in [0.1, 0.15) is 17.9 Å². The van der Waals surface area contributed by atoms with E-state index >= 15 is 0 Å². The molecule has 2 heterocycles. The van der Waals surface area contributed by atoms with Crippen LogP contribution in [0.25, 0.3) is 10.9 Å². The Morgan fingerprint density at radius 3 is 2.85 bits per heavy atom. The smallest absolute Gasteiger partial charge is 0.137 e. The van der Waals surface area contributed by atoms with E-state index in [0.717, 1.165) is 28.2 Å². The second kappa shape index (κ2) is 5.52. The largest absolute Gasteiger partial charge is 0.497 e. The van der Waals surface area contributed by atoms with Gasteiger partial charge in [-0.2, -0.15) is 0 Å². The fourth-order valence-electron chi connectivity index (χ4n) is 1.98. The highest BCUT2D eigenvalue weighted by Crippen LogP contribution is 2.24. The summed E-state index contributed by atoms with van der Waals surface area (Å²) in [6.07, 6.45) is 3.33. The van der Waals surface area contributed by atoms with Gasteiger partial charge in [0.15, 0.2) is 0 Å². The minimum atomic E-state index is 0.615. The van der Waals surface area contributed by atoms with E-state index < -0.39 is 0 Å². The van der Waals surface area contributed by atoms with Crippen LogP contribution in [0.5, 0.6) is 5.75 Å². The number of nitrogens with one attached hydrogen (secondary N) is 1. The molecule has 3 aromatic rings. The second-order valence-corrected chi connectivity index (χ2v) is 4.28. The SMILES string of the molecule is COc1ccc2ncnc(NCc3ccccn3)c2c1. The quantitative estimate of drug-likeness (QED) is 0.786. The van der Waals surface area contributed by atoms with Crippen LogP contribution in [0.2, 0.25) is 0 Å². The van der Waals surface area contributed by atoms with E-state index in [1.54, 1.807) is 19.6 Å². The summed E-state index contributed by atoms with van der Waals surface area (Å²) in [4.78, 5) is 12.8. The Kier molecular flexibility index (Phi) is 3.41. The molecule has 20 heavy (non-hydrogen) atoms. The summed E-state index contributed by atoms with van der Waals surface area (Å²) < 4.78 is 5.24. The zero-order chi connectivity index (χ0) is 13.8. The summed E-state index contributed by atoms with van der Waals surface area (Å²) in [7, 11) is 1.64. The molecular weight excluding hydrogens is 252 g/mol. The van der Waals surface area contributed by atoms with Crippen LogP contribution in [0.1, 0.15) is 5.69 Å². The Morgan fingerprint density at radius 1 is 1.10 bits per heavy atom. The fourth-order valence-corrected chi connectivity index (χ4v) is 1.98. The maximum atomic E-state index is 5.24. The lowest BCUT2D eigenvalue weighted by molar-refractivity contribution is 0.415. The van der Waals surface area contributed by atoms with Crippen molar-refractivity contribution in [2.75, 3.05) is 12.4 Å². The molecule has 1 aromatic carbocycles. The van der Waals surface area contributed by atoms with E-state index in [0.29, 0.717) is 6.54 Å². The minimum absolute atomic E-state index is 0.615. The number of fused-ring (bicyclic) bond motifs is 1. The molecule has 1 N–H and O–H groups in total. The van der Waals surface area contributed by atoms with Crippen molar-refractivity contribution in [3.63, 3.8) is 0 Å². The lowest BCUT2D eigenvalue weighted by atomic mass is 10.2. The third kappa shape index (κ3) is 2.51. The molecule has 0 radical (unpaired) electrons. The molecule has 5 nitrogen and oxygen atoms in total. The molecule has 0 saturated carbocycles.